The summed E-state index contributed by atoms with van der Waals surface area (Å²) >= 11 is 0. The molecule has 2 rings (SSSR count). The van der Waals surface area contributed by atoms with Gasteiger partial charge >= 0.3 is 6.18 Å². The molecule has 1 aliphatic heterocycles. The van der Waals surface area contributed by atoms with Gasteiger partial charge in [-0.1, -0.05) is 12.1 Å². The molecule has 1 N–H and O–H groups in total. The Kier molecular flexibility index (Phi) is 4.32. The molecule has 1 atom stereocenters. The van der Waals surface area contributed by atoms with Gasteiger partial charge in [-0.3, -0.25) is 4.79 Å². The molecule has 1 fully saturated rings. The van der Waals surface area contributed by atoms with Gasteiger partial charge in [-0.2, -0.15) is 13.2 Å². The molecular weight excluding hydrogens is 271 g/mol. The minimum Gasteiger partial charge on any atom is -0.391 e. The number of likely N-dealkylation sites (tertiary alicyclic amines) is 1. The molecule has 6 heteroatoms. The van der Waals surface area contributed by atoms with Crippen molar-refractivity contribution in [2.24, 2.45) is 0 Å². The lowest BCUT2D eigenvalue weighted by Gasteiger charge is -2.15. The van der Waals surface area contributed by atoms with E-state index in [0.717, 1.165) is 0 Å². The third-order valence-corrected chi connectivity index (χ3v) is 3.35. The second kappa shape index (κ2) is 5.83. The molecule has 0 radical (unpaired) electrons. The zero-order valence-electron chi connectivity index (χ0n) is 10.9. The van der Waals surface area contributed by atoms with Crippen molar-refractivity contribution in [2.75, 3.05) is 13.1 Å². The molecule has 0 aliphatic carbocycles. The van der Waals surface area contributed by atoms with Gasteiger partial charge in [0.15, 0.2) is 0 Å². The van der Waals surface area contributed by atoms with E-state index in [4.69, 9.17) is 0 Å². The number of aryl methyl sites for hydroxylation is 1. The fourth-order valence-electron chi connectivity index (χ4n) is 2.21. The molecule has 1 aliphatic rings. The summed E-state index contributed by atoms with van der Waals surface area (Å²) in [7, 11) is 0. The molecule has 1 aromatic rings. The Hall–Kier alpha value is -1.56. The summed E-state index contributed by atoms with van der Waals surface area (Å²) in [5.74, 6) is -0.191. The van der Waals surface area contributed by atoms with Crippen LogP contribution in [0.5, 0.6) is 0 Å². The summed E-state index contributed by atoms with van der Waals surface area (Å²) in [5, 5.41) is 9.39. The van der Waals surface area contributed by atoms with Crippen molar-refractivity contribution in [3.63, 3.8) is 0 Å². The van der Waals surface area contributed by atoms with Crippen LogP contribution in [0.4, 0.5) is 13.2 Å². The molecule has 3 nitrogen and oxygen atoms in total. The molecule has 0 bridgehead atoms. The molecule has 0 aromatic heterocycles. The normalized spacial score (nSPS) is 19.4. The van der Waals surface area contributed by atoms with Crippen molar-refractivity contribution in [3.8, 4) is 0 Å². The lowest BCUT2D eigenvalue weighted by Crippen LogP contribution is -2.29. The third kappa shape index (κ3) is 3.96. The number of rotatable bonds is 3. The first-order chi connectivity index (χ1) is 9.35. The average molecular weight is 287 g/mol. The van der Waals surface area contributed by atoms with Gasteiger partial charge in [-0.05, 0) is 30.5 Å². The average Bonchev–Trinajstić information content (AvgIpc) is 2.82. The first-order valence-electron chi connectivity index (χ1n) is 6.48. The molecule has 1 heterocycles. The van der Waals surface area contributed by atoms with Gasteiger partial charge in [0, 0.05) is 25.1 Å². The fourth-order valence-corrected chi connectivity index (χ4v) is 2.21. The van der Waals surface area contributed by atoms with Crippen LogP contribution in [-0.2, 0) is 6.42 Å². The van der Waals surface area contributed by atoms with Crippen LogP contribution >= 0.6 is 0 Å². The molecule has 20 heavy (non-hydrogen) atoms. The number of nitrogens with zero attached hydrogens (tertiary/aromatic N) is 1. The second-order valence-corrected chi connectivity index (χ2v) is 5.01. The van der Waals surface area contributed by atoms with E-state index in [2.05, 4.69) is 0 Å². The SMILES string of the molecule is O=C(c1ccc(CCC(F)(F)F)cc1)N1CC[C@H](O)C1. The van der Waals surface area contributed by atoms with Gasteiger partial charge in [-0.15, -0.1) is 0 Å². The molecule has 1 aromatic carbocycles. The minimum atomic E-state index is -4.17. The van der Waals surface area contributed by atoms with Crippen molar-refractivity contribution >= 4 is 5.91 Å². The van der Waals surface area contributed by atoms with Gasteiger partial charge in [0.1, 0.15) is 0 Å². The van der Waals surface area contributed by atoms with Gasteiger partial charge in [0.25, 0.3) is 5.91 Å². The second-order valence-electron chi connectivity index (χ2n) is 5.01. The van der Waals surface area contributed by atoms with Gasteiger partial charge in [0.2, 0.25) is 0 Å². The van der Waals surface area contributed by atoms with Crippen LogP contribution in [-0.4, -0.2) is 41.3 Å². The van der Waals surface area contributed by atoms with Crippen LogP contribution in [0.3, 0.4) is 0 Å². The Balaban J connectivity index is 1.96. The van der Waals surface area contributed by atoms with Crippen LogP contribution in [0.1, 0.15) is 28.8 Å². The maximum absolute atomic E-state index is 12.1. The van der Waals surface area contributed by atoms with Crippen LogP contribution in [0.25, 0.3) is 0 Å². The number of hydrogen-bond donors (Lipinski definition) is 1. The number of β-amino-alcohol motifs (C(OH)–C–C–N with tert-alkyl or cyclic N) is 1. The molecule has 0 unspecified atom stereocenters. The van der Waals surface area contributed by atoms with Crippen LogP contribution in [0.2, 0.25) is 0 Å². The highest BCUT2D eigenvalue weighted by molar-refractivity contribution is 5.94. The predicted molar refractivity (Wildman–Crippen MR) is 67.3 cm³/mol. The number of alkyl halides is 3. The molecule has 0 saturated carbocycles. The van der Waals surface area contributed by atoms with E-state index < -0.39 is 18.7 Å². The number of halogens is 3. The van der Waals surface area contributed by atoms with Crippen LogP contribution in [0.15, 0.2) is 24.3 Å². The smallest absolute Gasteiger partial charge is 0.389 e. The first-order valence-corrected chi connectivity index (χ1v) is 6.48. The monoisotopic (exact) mass is 287 g/mol. The van der Waals surface area contributed by atoms with Crippen molar-refractivity contribution in [2.45, 2.75) is 31.5 Å². The zero-order chi connectivity index (χ0) is 14.8. The Morgan fingerprint density at radius 2 is 1.95 bits per heavy atom. The van der Waals surface area contributed by atoms with Gasteiger partial charge in [0.05, 0.1) is 6.10 Å². The number of carbonyl (C=O) groups excluding carboxylic acids is 1. The van der Waals surface area contributed by atoms with Crippen LogP contribution in [0, 0.1) is 0 Å². The van der Waals surface area contributed by atoms with Crippen molar-refractivity contribution < 1.29 is 23.1 Å². The molecule has 110 valence electrons. The first kappa shape index (κ1) is 14.8. The van der Waals surface area contributed by atoms with E-state index in [1.807, 2.05) is 0 Å². The zero-order valence-corrected chi connectivity index (χ0v) is 10.9. The van der Waals surface area contributed by atoms with Crippen LogP contribution < -0.4 is 0 Å². The number of aliphatic hydroxyl groups is 1. The highest BCUT2D eigenvalue weighted by atomic mass is 19.4. The molecular formula is C14H16F3NO2. The number of hydrogen-bond acceptors (Lipinski definition) is 2. The number of benzene rings is 1. The summed E-state index contributed by atoms with van der Waals surface area (Å²) in [4.78, 5) is 13.6. The Morgan fingerprint density at radius 3 is 2.45 bits per heavy atom. The summed E-state index contributed by atoms with van der Waals surface area (Å²) in [6, 6.07) is 6.18. The maximum Gasteiger partial charge on any atom is 0.389 e. The van der Waals surface area contributed by atoms with Crippen molar-refractivity contribution in [1.29, 1.82) is 0 Å². The number of aliphatic hydroxyl groups excluding tert-OH is 1. The minimum absolute atomic E-state index is 0.0829. The van der Waals surface area contributed by atoms with Gasteiger partial charge < -0.3 is 10.0 Å². The van der Waals surface area contributed by atoms with Crippen molar-refractivity contribution in [1.82, 2.24) is 4.90 Å². The van der Waals surface area contributed by atoms with Crippen molar-refractivity contribution in [3.05, 3.63) is 35.4 Å². The van der Waals surface area contributed by atoms with E-state index in [-0.39, 0.29) is 12.3 Å². The summed E-state index contributed by atoms with van der Waals surface area (Å²) in [6.45, 7) is 0.824. The fraction of sp³-hybridized carbons (Fsp3) is 0.500. The van der Waals surface area contributed by atoms with E-state index in [1.54, 1.807) is 29.2 Å². The summed E-state index contributed by atoms with van der Waals surface area (Å²) in [6.07, 6.45) is -5.03. The van der Waals surface area contributed by atoms with E-state index >= 15 is 0 Å². The maximum atomic E-state index is 12.1. The quantitative estimate of drug-likeness (QED) is 0.927. The van der Waals surface area contributed by atoms with E-state index in [9.17, 15) is 23.1 Å². The highest BCUT2D eigenvalue weighted by Gasteiger charge is 2.27. The van der Waals surface area contributed by atoms with E-state index in [0.29, 0.717) is 30.6 Å². The number of carbonyl (C=O) groups is 1. The number of amides is 1. The Labute approximate surface area is 115 Å². The highest BCUT2D eigenvalue weighted by Crippen LogP contribution is 2.22. The summed E-state index contributed by atoms with van der Waals surface area (Å²) in [5.41, 5.74) is 0.996. The molecule has 1 saturated heterocycles. The third-order valence-electron chi connectivity index (χ3n) is 3.35. The summed E-state index contributed by atoms with van der Waals surface area (Å²) < 4.78 is 36.3. The van der Waals surface area contributed by atoms with E-state index in [1.165, 1.54) is 0 Å². The lowest BCUT2D eigenvalue weighted by atomic mass is 10.1. The Morgan fingerprint density at radius 1 is 1.30 bits per heavy atom. The predicted octanol–water partition coefficient (Wildman–Crippen LogP) is 2.39. The largest absolute Gasteiger partial charge is 0.391 e. The molecule has 1 amide bonds. The lowest BCUT2D eigenvalue weighted by molar-refractivity contribution is -0.134. The Bertz CT molecular complexity index is 470. The molecule has 0 spiro atoms. The standard InChI is InChI=1S/C14H16F3NO2/c15-14(16,17)7-5-10-1-3-11(4-2-10)13(20)18-8-6-12(19)9-18/h1-4,12,19H,5-9H2/t12-/m0/s1. The topological polar surface area (TPSA) is 40.5 Å². The van der Waals surface area contributed by atoms with Gasteiger partial charge in [-0.25, -0.2) is 0 Å².